The molecule has 0 aliphatic rings. The van der Waals surface area contributed by atoms with E-state index in [2.05, 4.69) is 9.97 Å². The molecule has 108 valence electrons. The van der Waals surface area contributed by atoms with E-state index in [1.165, 1.54) is 12.1 Å². The van der Waals surface area contributed by atoms with Crippen molar-refractivity contribution in [1.29, 1.82) is 0 Å². The van der Waals surface area contributed by atoms with Crippen molar-refractivity contribution in [2.24, 2.45) is 0 Å². The number of hydrogen-bond donors (Lipinski definition) is 1. The molecule has 2 aromatic heterocycles. The largest absolute Gasteiger partial charge is 0.493 e. The monoisotopic (exact) mass is 284 g/mol. The predicted octanol–water partition coefficient (Wildman–Crippen LogP) is 4.47. The maximum absolute atomic E-state index is 13.7. The van der Waals surface area contributed by atoms with Crippen LogP contribution in [-0.4, -0.2) is 16.6 Å². The minimum absolute atomic E-state index is 0.276. The highest BCUT2D eigenvalue weighted by atomic mass is 19.1. The number of ether oxygens (including phenoxy) is 1. The van der Waals surface area contributed by atoms with Gasteiger partial charge in [0.25, 0.3) is 0 Å². The van der Waals surface area contributed by atoms with Crippen molar-refractivity contribution in [3.63, 3.8) is 0 Å². The Bertz CT molecular complexity index is 780. The van der Waals surface area contributed by atoms with E-state index in [9.17, 15) is 4.39 Å². The van der Waals surface area contributed by atoms with Crippen LogP contribution >= 0.6 is 0 Å². The van der Waals surface area contributed by atoms with Crippen LogP contribution in [0.25, 0.3) is 22.2 Å². The number of pyridine rings is 1. The molecule has 0 radical (unpaired) electrons. The number of rotatable bonds is 4. The molecule has 0 saturated carbocycles. The van der Waals surface area contributed by atoms with Crippen LogP contribution in [0.15, 0.2) is 36.5 Å². The number of aryl methyl sites for hydroxylation is 1. The zero-order chi connectivity index (χ0) is 14.8. The van der Waals surface area contributed by atoms with Crippen LogP contribution < -0.4 is 4.74 Å². The minimum atomic E-state index is -0.276. The van der Waals surface area contributed by atoms with Crippen molar-refractivity contribution in [3.8, 4) is 16.9 Å². The van der Waals surface area contributed by atoms with Crippen LogP contribution in [0.4, 0.5) is 4.39 Å². The fraction of sp³-hybridized carbons (Fsp3) is 0.235. The van der Waals surface area contributed by atoms with E-state index >= 15 is 0 Å². The summed E-state index contributed by atoms with van der Waals surface area (Å²) in [7, 11) is 0. The average molecular weight is 284 g/mol. The van der Waals surface area contributed by atoms with Crippen molar-refractivity contribution >= 4 is 11.0 Å². The number of fused-ring (bicyclic) bond motifs is 1. The van der Waals surface area contributed by atoms with E-state index in [0.717, 1.165) is 34.3 Å². The molecular weight excluding hydrogens is 267 g/mol. The molecule has 3 rings (SSSR count). The fourth-order valence-electron chi connectivity index (χ4n) is 2.40. The summed E-state index contributed by atoms with van der Waals surface area (Å²) in [5.41, 5.74) is 3.32. The molecule has 0 aliphatic carbocycles. The van der Waals surface area contributed by atoms with Gasteiger partial charge < -0.3 is 9.72 Å². The molecule has 1 aromatic carbocycles. The maximum Gasteiger partial charge on any atom is 0.137 e. The summed E-state index contributed by atoms with van der Waals surface area (Å²) in [5.74, 6) is 0.417. The quantitative estimate of drug-likeness (QED) is 0.767. The average Bonchev–Trinajstić information content (AvgIpc) is 2.92. The van der Waals surface area contributed by atoms with Gasteiger partial charge in [0.2, 0.25) is 0 Å². The highest BCUT2D eigenvalue weighted by molar-refractivity contribution is 5.84. The van der Waals surface area contributed by atoms with Gasteiger partial charge in [0.15, 0.2) is 0 Å². The van der Waals surface area contributed by atoms with Gasteiger partial charge in [-0.3, -0.25) is 0 Å². The van der Waals surface area contributed by atoms with Gasteiger partial charge in [-0.15, -0.1) is 0 Å². The van der Waals surface area contributed by atoms with Crippen LogP contribution in [0.1, 0.15) is 19.0 Å². The summed E-state index contributed by atoms with van der Waals surface area (Å²) in [5, 5.41) is 1.00. The lowest BCUT2D eigenvalue weighted by molar-refractivity contribution is 0.318. The number of nitrogens with zero attached hydrogens (tertiary/aromatic N) is 1. The number of aromatic amines is 1. The van der Waals surface area contributed by atoms with E-state index < -0.39 is 0 Å². The van der Waals surface area contributed by atoms with Gasteiger partial charge in [-0.2, -0.15) is 0 Å². The van der Waals surface area contributed by atoms with E-state index in [4.69, 9.17) is 4.74 Å². The third kappa shape index (κ3) is 2.61. The molecule has 0 aliphatic heterocycles. The van der Waals surface area contributed by atoms with Crippen LogP contribution in [0.2, 0.25) is 0 Å². The number of H-pyrrole nitrogens is 1. The summed E-state index contributed by atoms with van der Waals surface area (Å²) in [6, 6.07) is 8.58. The Balaban J connectivity index is 2.16. The molecule has 0 atom stereocenters. The number of benzene rings is 1. The third-order valence-electron chi connectivity index (χ3n) is 3.42. The van der Waals surface area contributed by atoms with E-state index in [1.54, 1.807) is 6.07 Å². The molecule has 3 nitrogen and oxygen atoms in total. The Morgan fingerprint density at radius 1 is 1.19 bits per heavy atom. The normalized spacial score (nSPS) is 11.0. The molecule has 0 bridgehead atoms. The van der Waals surface area contributed by atoms with Gasteiger partial charge in [0, 0.05) is 28.4 Å². The first-order valence-corrected chi connectivity index (χ1v) is 7.06. The van der Waals surface area contributed by atoms with Crippen LogP contribution in [0.3, 0.4) is 0 Å². The minimum Gasteiger partial charge on any atom is -0.493 e. The standard InChI is InChI=1S/C17H17FN2O/c1-3-8-21-16-5-4-13(18)10-15(16)14-9-12-6-7-19-17(12)20-11(14)2/h4-7,9-10H,3,8H2,1-2H3,(H,19,20). The van der Waals surface area contributed by atoms with Gasteiger partial charge in [-0.25, -0.2) is 9.37 Å². The third-order valence-corrected chi connectivity index (χ3v) is 3.42. The van der Waals surface area contributed by atoms with Crippen LogP contribution in [0, 0.1) is 12.7 Å². The highest BCUT2D eigenvalue weighted by Gasteiger charge is 2.13. The molecule has 0 spiro atoms. The van der Waals surface area contributed by atoms with Gasteiger partial charge in [-0.1, -0.05) is 6.92 Å². The molecule has 0 unspecified atom stereocenters. The fourth-order valence-corrected chi connectivity index (χ4v) is 2.40. The summed E-state index contributed by atoms with van der Waals surface area (Å²) >= 11 is 0. The van der Waals surface area contributed by atoms with E-state index in [1.807, 2.05) is 32.2 Å². The van der Waals surface area contributed by atoms with E-state index in [-0.39, 0.29) is 5.82 Å². The molecule has 0 amide bonds. The summed E-state index contributed by atoms with van der Waals surface area (Å²) in [6.07, 6.45) is 2.76. The van der Waals surface area contributed by atoms with Crippen molar-refractivity contribution in [2.45, 2.75) is 20.3 Å². The number of hydrogen-bond acceptors (Lipinski definition) is 2. The van der Waals surface area contributed by atoms with Crippen LogP contribution in [0.5, 0.6) is 5.75 Å². The lowest BCUT2D eigenvalue weighted by Gasteiger charge is -2.13. The molecule has 4 heteroatoms. The zero-order valence-electron chi connectivity index (χ0n) is 12.1. The predicted molar refractivity (Wildman–Crippen MR) is 82.0 cm³/mol. The van der Waals surface area contributed by atoms with Crippen molar-refractivity contribution < 1.29 is 9.13 Å². The Labute approximate surface area is 122 Å². The second-order valence-electron chi connectivity index (χ2n) is 5.03. The number of aromatic nitrogens is 2. The molecule has 1 N–H and O–H groups in total. The number of nitrogens with one attached hydrogen (secondary N) is 1. The smallest absolute Gasteiger partial charge is 0.137 e. The Kier molecular flexibility index (Phi) is 3.60. The summed E-state index contributed by atoms with van der Waals surface area (Å²) in [6.45, 7) is 4.57. The molecule has 2 heterocycles. The molecule has 0 fully saturated rings. The van der Waals surface area contributed by atoms with Gasteiger partial charge in [0.05, 0.1) is 6.61 Å². The Hall–Kier alpha value is -2.36. The van der Waals surface area contributed by atoms with Gasteiger partial charge in [-0.05, 0) is 43.7 Å². The second-order valence-corrected chi connectivity index (χ2v) is 5.03. The SMILES string of the molecule is CCCOc1ccc(F)cc1-c1cc2cc[nH]c2nc1C. The van der Waals surface area contributed by atoms with Crippen molar-refractivity contribution in [2.75, 3.05) is 6.61 Å². The molecule has 3 aromatic rings. The Morgan fingerprint density at radius 3 is 2.86 bits per heavy atom. The highest BCUT2D eigenvalue weighted by Crippen LogP contribution is 2.34. The first kappa shape index (κ1) is 13.6. The molecule has 21 heavy (non-hydrogen) atoms. The van der Waals surface area contributed by atoms with Crippen molar-refractivity contribution in [1.82, 2.24) is 9.97 Å². The second kappa shape index (κ2) is 5.56. The van der Waals surface area contributed by atoms with Crippen molar-refractivity contribution in [3.05, 3.63) is 48.0 Å². The topological polar surface area (TPSA) is 37.9 Å². The zero-order valence-corrected chi connectivity index (χ0v) is 12.1. The lowest BCUT2D eigenvalue weighted by atomic mass is 10.0. The molecule has 0 saturated heterocycles. The van der Waals surface area contributed by atoms with Crippen LogP contribution in [-0.2, 0) is 0 Å². The lowest BCUT2D eigenvalue weighted by Crippen LogP contribution is -1.99. The molecular formula is C17H17FN2O. The first-order chi connectivity index (χ1) is 10.2. The Morgan fingerprint density at radius 2 is 2.05 bits per heavy atom. The van der Waals surface area contributed by atoms with E-state index in [0.29, 0.717) is 12.4 Å². The first-order valence-electron chi connectivity index (χ1n) is 7.06. The summed E-state index contributed by atoms with van der Waals surface area (Å²) in [4.78, 5) is 7.61. The number of halogens is 1. The maximum atomic E-state index is 13.7. The summed E-state index contributed by atoms with van der Waals surface area (Å²) < 4.78 is 19.4. The van der Waals surface area contributed by atoms with Gasteiger partial charge in [0.1, 0.15) is 17.2 Å². The van der Waals surface area contributed by atoms with Gasteiger partial charge >= 0.3 is 0 Å².